The minimum atomic E-state index is 0.666. The molecular formula is C11H11N3. The molecule has 0 aliphatic heterocycles. The summed E-state index contributed by atoms with van der Waals surface area (Å²) >= 11 is 0. The lowest BCUT2D eigenvalue weighted by atomic mass is 10.2. The van der Waals surface area contributed by atoms with E-state index in [0.29, 0.717) is 5.56 Å². The second-order valence-corrected chi connectivity index (χ2v) is 3.25. The van der Waals surface area contributed by atoms with Crippen molar-refractivity contribution in [2.45, 2.75) is 19.9 Å². The molecule has 1 aromatic carbocycles. The number of benzene rings is 1. The monoisotopic (exact) mass is 185 g/mol. The second-order valence-electron chi connectivity index (χ2n) is 3.25. The van der Waals surface area contributed by atoms with E-state index in [2.05, 4.69) is 22.5 Å². The summed E-state index contributed by atoms with van der Waals surface area (Å²) in [6.07, 6.45) is 2.92. The van der Waals surface area contributed by atoms with Crippen molar-refractivity contribution in [3.8, 4) is 6.07 Å². The zero-order chi connectivity index (χ0) is 9.97. The Morgan fingerprint density at radius 1 is 1.50 bits per heavy atom. The number of aryl methyl sites for hydroxylation is 1. The van der Waals surface area contributed by atoms with Crippen LogP contribution in [0.1, 0.15) is 18.9 Å². The van der Waals surface area contributed by atoms with E-state index in [-0.39, 0.29) is 0 Å². The fourth-order valence-electron chi connectivity index (χ4n) is 1.55. The minimum absolute atomic E-state index is 0.666. The summed E-state index contributed by atoms with van der Waals surface area (Å²) < 4.78 is 2.11. The Morgan fingerprint density at radius 2 is 2.36 bits per heavy atom. The van der Waals surface area contributed by atoms with Crippen LogP contribution < -0.4 is 0 Å². The fraction of sp³-hybridized carbons (Fsp3) is 0.273. The van der Waals surface area contributed by atoms with Crippen molar-refractivity contribution < 1.29 is 0 Å². The van der Waals surface area contributed by atoms with Crippen LogP contribution in [0.25, 0.3) is 11.0 Å². The molecule has 0 bridgehead atoms. The zero-order valence-electron chi connectivity index (χ0n) is 8.07. The molecule has 3 nitrogen and oxygen atoms in total. The number of fused-ring (bicyclic) bond motifs is 1. The normalized spacial score (nSPS) is 10.3. The standard InChI is InChI=1S/C11H11N3/c1-2-5-14-8-13-10-6-9(7-12)3-4-11(10)14/h3-4,6,8H,2,5H2,1H3. The van der Waals surface area contributed by atoms with Gasteiger partial charge in [0.1, 0.15) is 0 Å². The van der Waals surface area contributed by atoms with Crippen LogP contribution in [0.15, 0.2) is 24.5 Å². The van der Waals surface area contributed by atoms with Crippen LogP contribution in [-0.4, -0.2) is 9.55 Å². The average molecular weight is 185 g/mol. The summed E-state index contributed by atoms with van der Waals surface area (Å²) in [5.41, 5.74) is 2.67. The van der Waals surface area contributed by atoms with Gasteiger partial charge in [0.25, 0.3) is 0 Å². The van der Waals surface area contributed by atoms with Gasteiger partial charge in [-0.2, -0.15) is 5.26 Å². The lowest BCUT2D eigenvalue weighted by Gasteiger charge is -2.00. The fourth-order valence-corrected chi connectivity index (χ4v) is 1.55. The molecule has 0 N–H and O–H groups in total. The molecule has 0 unspecified atom stereocenters. The molecule has 0 saturated heterocycles. The third kappa shape index (κ3) is 1.35. The van der Waals surface area contributed by atoms with E-state index in [1.54, 1.807) is 0 Å². The van der Waals surface area contributed by atoms with Gasteiger partial charge in [0, 0.05) is 6.54 Å². The topological polar surface area (TPSA) is 41.6 Å². The van der Waals surface area contributed by atoms with Gasteiger partial charge in [0.2, 0.25) is 0 Å². The summed E-state index contributed by atoms with van der Waals surface area (Å²) in [4.78, 5) is 4.26. The Labute approximate surface area is 82.6 Å². The first kappa shape index (κ1) is 8.76. The van der Waals surface area contributed by atoms with E-state index in [1.165, 1.54) is 0 Å². The quantitative estimate of drug-likeness (QED) is 0.720. The van der Waals surface area contributed by atoms with Crippen LogP contribution in [0.5, 0.6) is 0 Å². The highest BCUT2D eigenvalue weighted by molar-refractivity contribution is 5.76. The Balaban J connectivity index is 2.55. The Hall–Kier alpha value is -1.82. The lowest BCUT2D eigenvalue weighted by Crippen LogP contribution is -1.93. The van der Waals surface area contributed by atoms with E-state index in [0.717, 1.165) is 24.0 Å². The predicted octanol–water partition coefficient (Wildman–Crippen LogP) is 2.32. The Bertz CT molecular complexity index is 491. The van der Waals surface area contributed by atoms with E-state index < -0.39 is 0 Å². The van der Waals surface area contributed by atoms with Gasteiger partial charge >= 0.3 is 0 Å². The highest BCUT2D eigenvalue weighted by atomic mass is 15.0. The first-order valence-electron chi connectivity index (χ1n) is 4.70. The predicted molar refractivity (Wildman–Crippen MR) is 54.7 cm³/mol. The summed E-state index contributed by atoms with van der Waals surface area (Å²) in [7, 11) is 0. The van der Waals surface area contributed by atoms with Gasteiger partial charge in [0.15, 0.2) is 0 Å². The second kappa shape index (κ2) is 3.51. The molecule has 1 heterocycles. The lowest BCUT2D eigenvalue weighted by molar-refractivity contribution is 0.697. The summed E-state index contributed by atoms with van der Waals surface area (Å²) in [5.74, 6) is 0. The van der Waals surface area contributed by atoms with E-state index in [1.807, 2.05) is 24.5 Å². The van der Waals surface area contributed by atoms with Crippen LogP contribution in [0.2, 0.25) is 0 Å². The van der Waals surface area contributed by atoms with Crippen molar-refractivity contribution in [1.29, 1.82) is 5.26 Å². The number of rotatable bonds is 2. The maximum absolute atomic E-state index is 8.72. The van der Waals surface area contributed by atoms with E-state index in [4.69, 9.17) is 5.26 Å². The minimum Gasteiger partial charge on any atom is -0.331 e. The third-order valence-electron chi connectivity index (χ3n) is 2.21. The molecule has 3 heteroatoms. The summed E-state index contributed by atoms with van der Waals surface area (Å²) in [6, 6.07) is 7.72. The van der Waals surface area contributed by atoms with Gasteiger partial charge in [-0.05, 0) is 24.6 Å². The van der Waals surface area contributed by atoms with Gasteiger partial charge in [0.05, 0.1) is 29.0 Å². The number of hydrogen-bond donors (Lipinski definition) is 0. The largest absolute Gasteiger partial charge is 0.331 e. The third-order valence-corrected chi connectivity index (χ3v) is 2.21. The molecule has 0 amide bonds. The molecule has 1 aromatic heterocycles. The number of hydrogen-bond acceptors (Lipinski definition) is 2. The smallest absolute Gasteiger partial charge is 0.0992 e. The molecule has 0 radical (unpaired) electrons. The first-order chi connectivity index (χ1) is 6.85. The van der Waals surface area contributed by atoms with Crippen LogP contribution >= 0.6 is 0 Å². The van der Waals surface area contributed by atoms with Crippen LogP contribution in [0.3, 0.4) is 0 Å². The zero-order valence-corrected chi connectivity index (χ0v) is 8.07. The molecular weight excluding hydrogens is 174 g/mol. The molecule has 0 aliphatic carbocycles. The van der Waals surface area contributed by atoms with Crippen LogP contribution in [-0.2, 0) is 6.54 Å². The van der Waals surface area contributed by atoms with Gasteiger partial charge in [-0.15, -0.1) is 0 Å². The summed E-state index contributed by atoms with van der Waals surface area (Å²) in [6.45, 7) is 3.11. The van der Waals surface area contributed by atoms with Gasteiger partial charge in [-0.3, -0.25) is 0 Å². The highest BCUT2D eigenvalue weighted by Crippen LogP contribution is 2.14. The molecule has 0 spiro atoms. The van der Waals surface area contributed by atoms with Crippen molar-refractivity contribution in [3.63, 3.8) is 0 Å². The SMILES string of the molecule is CCCn1cnc2cc(C#N)ccc21. The maximum Gasteiger partial charge on any atom is 0.0992 e. The molecule has 14 heavy (non-hydrogen) atoms. The van der Waals surface area contributed by atoms with Crippen LogP contribution in [0.4, 0.5) is 0 Å². The molecule has 0 atom stereocenters. The molecule has 70 valence electrons. The molecule has 2 aromatic rings. The number of imidazole rings is 1. The van der Waals surface area contributed by atoms with Crippen LogP contribution in [0, 0.1) is 11.3 Å². The molecule has 0 aliphatic rings. The van der Waals surface area contributed by atoms with E-state index in [9.17, 15) is 0 Å². The summed E-state index contributed by atoms with van der Waals surface area (Å²) in [5, 5.41) is 8.72. The van der Waals surface area contributed by atoms with Crippen molar-refractivity contribution in [1.82, 2.24) is 9.55 Å². The number of aromatic nitrogens is 2. The van der Waals surface area contributed by atoms with Gasteiger partial charge in [-0.1, -0.05) is 6.92 Å². The number of nitrogens with zero attached hydrogens (tertiary/aromatic N) is 3. The average Bonchev–Trinajstić information content (AvgIpc) is 2.61. The van der Waals surface area contributed by atoms with Gasteiger partial charge in [-0.25, -0.2) is 4.98 Å². The molecule has 2 rings (SSSR count). The molecule has 0 fully saturated rings. The van der Waals surface area contributed by atoms with E-state index >= 15 is 0 Å². The Kier molecular flexibility index (Phi) is 2.19. The maximum atomic E-state index is 8.72. The van der Waals surface area contributed by atoms with Gasteiger partial charge < -0.3 is 4.57 Å². The highest BCUT2D eigenvalue weighted by Gasteiger charge is 2.01. The number of nitriles is 1. The molecule has 0 saturated carbocycles. The van der Waals surface area contributed by atoms with Crippen molar-refractivity contribution in [3.05, 3.63) is 30.1 Å². The van der Waals surface area contributed by atoms with Crippen molar-refractivity contribution in [2.24, 2.45) is 0 Å². The van der Waals surface area contributed by atoms with Crippen molar-refractivity contribution >= 4 is 11.0 Å². The first-order valence-corrected chi connectivity index (χ1v) is 4.70. The Morgan fingerprint density at radius 3 is 3.07 bits per heavy atom. The van der Waals surface area contributed by atoms with Crippen molar-refractivity contribution in [2.75, 3.05) is 0 Å².